The van der Waals surface area contributed by atoms with Crippen molar-refractivity contribution in [1.82, 2.24) is 5.32 Å². The lowest BCUT2D eigenvalue weighted by molar-refractivity contribution is 0.922. The third kappa shape index (κ3) is 3.46. The monoisotopic (exact) mass is 257 g/mol. The second-order valence-corrected chi connectivity index (χ2v) is 4.53. The minimum absolute atomic E-state index is 0.767. The fraction of sp³-hybridized carbons (Fsp3) is 0.125. The highest BCUT2D eigenvalue weighted by Crippen LogP contribution is 2.22. The molecule has 0 amide bonds. The van der Waals surface area contributed by atoms with Gasteiger partial charge >= 0.3 is 0 Å². The Hall–Kier alpha value is -1.57. The normalized spacial score (nSPS) is 11.0. The Kier molecular flexibility index (Phi) is 4.57. The molecule has 2 aromatic rings. The Balaban J connectivity index is 2.24. The van der Waals surface area contributed by atoms with E-state index in [0.29, 0.717) is 0 Å². The van der Waals surface area contributed by atoms with Crippen LogP contribution < -0.4 is 5.32 Å². The SMILES string of the molecule is CNCC=Cc1cccc(-c2ccc(Cl)cc2)c1. The predicted octanol–water partition coefficient (Wildman–Crippen LogP) is 4.24. The first kappa shape index (κ1) is 12.9. The van der Waals surface area contributed by atoms with Crippen molar-refractivity contribution in [1.29, 1.82) is 0 Å². The molecule has 1 N–H and O–H groups in total. The number of hydrogen-bond donors (Lipinski definition) is 1. The van der Waals surface area contributed by atoms with E-state index in [1.807, 2.05) is 31.3 Å². The minimum atomic E-state index is 0.767. The van der Waals surface area contributed by atoms with Gasteiger partial charge in [-0.05, 0) is 41.9 Å². The summed E-state index contributed by atoms with van der Waals surface area (Å²) in [6.07, 6.45) is 4.23. The van der Waals surface area contributed by atoms with Crippen LogP contribution in [0.25, 0.3) is 17.2 Å². The fourth-order valence-electron chi connectivity index (χ4n) is 1.78. The van der Waals surface area contributed by atoms with Gasteiger partial charge in [-0.2, -0.15) is 0 Å². The van der Waals surface area contributed by atoms with E-state index in [2.05, 4.69) is 41.7 Å². The maximum absolute atomic E-state index is 5.90. The maximum atomic E-state index is 5.90. The molecule has 0 spiro atoms. The van der Waals surface area contributed by atoms with E-state index < -0.39 is 0 Å². The number of nitrogens with one attached hydrogen (secondary N) is 1. The lowest BCUT2D eigenvalue weighted by Gasteiger charge is -2.03. The van der Waals surface area contributed by atoms with Gasteiger partial charge in [0.25, 0.3) is 0 Å². The summed E-state index contributed by atoms with van der Waals surface area (Å²) in [5, 5.41) is 3.86. The predicted molar refractivity (Wildman–Crippen MR) is 79.8 cm³/mol. The van der Waals surface area contributed by atoms with Crippen LogP contribution in [0.5, 0.6) is 0 Å². The Morgan fingerprint density at radius 3 is 2.56 bits per heavy atom. The van der Waals surface area contributed by atoms with Crippen LogP contribution in [0.3, 0.4) is 0 Å². The third-order valence-electron chi connectivity index (χ3n) is 2.70. The van der Waals surface area contributed by atoms with Gasteiger partial charge in [0.15, 0.2) is 0 Å². The van der Waals surface area contributed by atoms with Gasteiger partial charge in [-0.15, -0.1) is 0 Å². The summed E-state index contributed by atoms with van der Waals surface area (Å²) >= 11 is 5.90. The summed E-state index contributed by atoms with van der Waals surface area (Å²) < 4.78 is 0. The van der Waals surface area contributed by atoms with Crippen molar-refractivity contribution in [2.75, 3.05) is 13.6 Å². The second-order valence-electron chi connectivity index (χ2n) is 4.09. The van der Waals surface area contributed by atoms with Crippen molar-refractivity contribution in [2.45, 2.75) is 0 Å². The van der Waals surface area contributed by atoms with Crippen LogP contribution in [0.4, 0.5) is 0 Å². The highest BCUT2D eigenvalue weighted by molar-refractivity contribution is 6.30. The van der Waals surface area contributed by atoms with Gasteiger partial charge in [0.05, 0.1) is 0 Å². The summed E-state index contributed by atoms with van der Waals surface area (Å²) in [6.45, 7) is 0.880. The fourth-order valence-corrected chi connectivity index (χ4v) is 1.90. The van der Waals surface area contributed by atoms with Crippen LogP contribution in [-0.2, 0) is 0 Å². The van der Waals surface area contributed by atoms with Crippen molar-refractivity contribution in [3.63, 3.8) is 0 Å². The maximum Gasteiger partial charge on any atom is 0.0406 e. The molecule has 0 heterocycles. The summed E-state index contributed by atoms with van der Waals surface area (Å²) in [7, 11) is 1.94. The second kappa shape index (κ2) is 6.39. The quantitative estimate of drug-likeness (QED) is 0.864. The molecule has 1 nitrogen and oxygen atoms in total. The highest BCUT2D eigenvalue weighted by atomic mass is 35.5. The van der Waals surface area contributed by atoms with Gasteiger partial charge in [-0.3, -0.25) is 0 Å². The molecular formula is C16H16ClN. The number of rotatable bonds is 4. The average Bonchev–Trinajstić information content (AvgIpc) is 2.40. The zero-order chi connectivity index (χ0) is 12.8. The lowest BCUT2D eigenvalue weighted by atomic mass is 10.0. The number of halogens is 1. The molecule has 18 heavy (non-hydrogen) atoms. The van der Waals surface area contributed by atoms with Crippen LogP contribution in [0.1, 0.15) is 5.56 Å². The van der Waals surface area contributed by atoms with Gasteiger partial charge in [-0.25, -0.2) is 0 Å². The first-order valence-electron chi connectivity index (χ1n) is 5.97. The molecule has 0 aliphatic carbocycles. The Bertz CT molecular complexity index is 529. The smallest absolute Gasteiger partial charge is 0.0406 e. The zero-order valence-corrected chi connectivity index (χ0v) is 11.1. The van der Waals surface area contributed by atoms with Gasteiger partial charge in [-0.1, -0.05) is 54.1 Å². The van der Waals surface area contributed by atoms with Crippen molar-refractivity contribution in [3.05, 3.63) is 65.2 Å². The first-order chi connectivity index (χ1) is 8.79. The van der Waals surface area contributed by atoms with Gasteiger partial charge in [0, 0.05) is 11.6 Å². The largest absolute Gasteiger partial charge is 0.316 e. The van der Waals surface area contributed by atoms with Gasteiger partial charge in [0.2, 0.25) is 0 Å². The number of benzene rings is 2. The summed E-state index contributed by atoms with van der Waals surface area (Å²) in [4.78, 5) is 0. The topological polar surface area (TPSA) is 12.0 Å². The molecule has 2 heteroatoms. The molecule has 0 saturated heterocycles. The Morgan fingerprint density at radius 2 is 1.83 bits per heavy atom. The molecule has 0 aromatic heterocycles. The molecule has 92 valence electrons. The first-order valence-corrected chi connectivity index (χ1v) is 6.34. The standard InChI is InChI=1S/C16H16ClN/c1-18-11-3-5-13-4-2-6-15(12-13)14-7-9-16(17)10-8-14/h2-10,12,18H,11H2,1H3. The molecule has 0 aliphatic heterocycles. The Morgan fingerprint density at radius 1 is 1.06 bits per heavy atom. The van der Waals surface area contributed by atoms with Crippen LogP contribution in [0, 0.1) is 0 Å². The van der Waals surface area contributed by atoms with E-state index >= 15 is 0 Å². The molecular weight excluding hydrogens is 242 g/mol. The molecule has 0 aliphatic rings. The molecule has 2 rings (SSSR count). The summed E-state index contributed by atoms with van der Waals surface area (Å²) in [6, 6.07) is 16.4. The molecule has 0 saturated carbocycles. The van der Waals surface area contributed by atoms with Crippen molar-refractivity contribution >= 4 is 17.7 Å². The van der Waals surface area contributed by atoms with Crippen LogP contribution in [0.15, 0.2) is 54.6 Å². The van der Waals surface area contributed by atoms with Gasteiger partial charge < -0.3 is 5.32 Å². The van der Waals surface area contributed by atoms with Crippen molar-refractivity contribution in [2.24, 2.45) is 0 Å². The van der Waals surface area contributed by atoms with E-state index in [0.717, 1.165) is 11.6 Å². The summed E-state index contributed by atoms with van der Waals surface area (Å²) in [5.74, 6) is 0. The van der Waals surface area contributed by atoms with E-state index in [1.165, 1.54) is 16.7 Å². The highest BCUT2D eigenvalue weighted by Gasteiger charge is 1.97. The molecule has 0 atom stereocenters. The molecule has 0 unspecified atom stereocenters. The van der Waals surface area contributed by atoms with E-state index in [-0.39, 0.29) is 0 Å². The number of hydrogen-bond acceptors (Lipinski definition) is 1. The molecule has 0 radical (unpaired) electrons. The zero-order valence-electron chi connectivity index (χ0n) is 10.4. The average molecular weight is 258 g/mol. The van der Waals surface area contributed by atoms with Crippen molar-refractivity contribution in [3.8, 4) is 11.1 Å². The molecule has 0 bridgehead atoms. The summed E-state index contributed by atoms with van der Waals surface area (Å²) in [5.41, 5.74) is 3.60. The lowest BCUT2D eigenvalue weighted by Crippen LogP contribution is -2.03. The molecule has 2 aromatic carbocycles. The van der Waals surface area contributed by atoms with Crippen LogP contribution >= 0.6 is 11.6 Å². The van der Waals surface area contributed by atoms with E-state index in [9.17, 15) is 0 Å². The van der Waals surface area contributed by atoms with E-state index in [4.69, 9.17) is 11.6 Å². The molecule has 0 fully saturated rings. The third-order valence-corrected chi connectivity index (χ3v) is 2.95. The number of likely N-dealkylation sites (N-methyl/N-ethyl adjacent to an activating group) is 1. The van der Waals surface area contributed by atoms with Crippen molar-refractivity contribution < 1.29 is 0 Å². The Labute approximate surface area is 113 Å². The van der Waals surface area contributed by atoms with Crippen LogP contribution in [0.2, 0.25) is 5.02 Å². The minimum Gasteiger partial charge on any atom is -0.316 e. The van der Waals surface area contributed by atoms with Gasteiger partial charge in [0.1, 0.15) is 0 Å². The van der Waals surface area contributed by atoms with E-state index in [1.54, 1.807) is 0 Å². The van der Waals surface area contributed by atoms with Crippen LogP contribution in [-0.4, -0.2) is 13.6 Å².